The Labute approximate surface area is 112 Å². The lowest BCUT2D eigenvalue weighted by Gasteiger charge is -2.15. The van der Waals surface area contributed by atoms with E-state index in [1.165, 1.54) is 0 Å². The number of rotatable bonds is 3. The van der Waals surface area contributed by atoms with E-state index in [-0.39, 0.29) is 12.3 Å². The molecule has 2 aromatic rings. The van der Waals surface area contributed by atoms with Gasteiger partial charge in [0.25, 0.3) is 0 Å². The molecule has 19 heavy (non-hydrogen) atoms. The van der Waals surface area contributed by atoms with Crippen LogP contribution in [-0.2, 0) is 11.3 Å². The van der Waals surface area contributed by atoms with E-state index < -0.39 is 11.3 Å². The summed E-state index contributed by atoms with van der Waals surface area (Å²) < 4.78 is 1.73. The second-order valence-corrected chi connectivity index (χ2v) is 5.73. The predicted octanol–water partition coefficient (Wildman–Crippen LogP) is 2.36. The van der Waals surface area contributed by atoms with Crippen LogP contribution in [0.15, 0.2) is 30.5 Å². The molecule has 4 heteroatoms. The third kappa shape index (κ3) is 2.52. The van der Waals surface area contributed by atoms with Crippen molar-refractivity contribution in [3.63, 3.8) is 0 Å². The molecule has 0 unspecified atom stereocenters. The molecule has 4 nitrogen and oxygen atoms in total. The largest absolute Gasteiger partial charge is 0.368 e. The van der Waals surface area contributed by atoms with Crippen LogP contribution in [0.5, 0.6) is 0 Å². The number of hydrogen-bond acceptors (Lipinski definition) is 2. The maximum atomic E-state index is 12.4. The number of para-hydroxylation sites is 1. The molecule has 1 amide bonds. The summed E-state index contributed by atoms with van der Waals surface area (Å²) in [5.74, 6) is -0.359. The molecule has 0 saturated carbocycles. The SMILES string of the molecule is CC(C)(C)C(=O)c1cn(CC(N)=O)c2ccccc12. The fourth-order valence-electron chi connectivity index (χ4n) is 2.13. The molecule has 0 saturated heterocycles. The summed E-state index contributed by atoms with van der Waals surface area (Å²) in [6.45, 7) is 5.73. The van der Waals surface area contributed by atoms with E-state index in [1.807, 2.05) is 45.0 Å². The molecule has 1 aromatic heterocycles. The van der Waals surface area contributed by atoms with Crippen LogP contribution in [0.3, 0.4) is 0 Å². The van der Waals surface area contributed by atoms with E-state index in [4.69, 9.17) is 5.73 Å². The standard InChI is InChI=1S/C15H18N2O2/c1-15(2,3)14(19)11-8-17(9-13(16)18)12-7-5-4-6-10(11)12/h4-8H,9H2,1-3H3,(H2,16,18). The zero-order valence-electron chi connectivity index (χ0n) is 11.4. The van der Waals surface area contributed by atoms with Crippen molar-refractivity contribution in [3.05, 3.63) is 36.0 Å². The summed E-state index contributed by atoms with van der Waals surface area (Å²) >= 11 is 0. The van der Waals surface area contributed by atoms with Crippen LogP contribution in [-0.4, -0.2) is 16.3 Å². The van der Waals surface area contributed by atoms with Crippen LogP contribution in [0.4, 0.5) is 0 Å². The fraction of sp³-hybridized carbons (Fsp3) is 0.333. The van der Waals surface area contributed by atoms with Crippen LogP contribution < -0.4 is 5.73 Å². The Hall–Kier alpha value is -2.10. The van der Waals surface area contributed by atoms with Gasteiger partial charge < -0.3 is 10.3 Å². The molecule has 1 heterocycles. The minimum atomic E-state index is -0.457. The van der Waals surface area contributed by atoms with Crippen molar-refractivity contribution in [2.75, 3.05) is 0 Å². The minimum absolute atomic E-state index is 0.0620. The molecule has 0 fully saturated rings. The molecule has 0 bridgehead atoms. The van der Waals surface area contributed by atoms with Gasteiger partial charge >= 0.3 is 0 Å². The lowest BCUT2D eigenvalue weighted by atomic mass is 9.86. The number of hydrogen-bond donors (Lipinski definition) is 1. The maximum Gasteiger partial charge on any atom is 0.237 e. The van der Waals surface area contributed by atoms with Crippen LogP contribution in [0.2, 0.25) is 0 Å². The number of ketones is 1. The Morgan fingerprint density at radius 1 is 1.21 bits per heavy atom. The molecule has 0 spiro atoms. The lowest BCUT2D eigenvalue weighted by Crippen LogP contribution is -2.20. The summed E-state index contributed by atoms with van der Waals surface area (Å²) in [6.07, 6.45) is 1.73. The van der Waals surface area contributed by atoms with Crippen molar-refractivity contribution >= 4 is 22.6 Å². The maximum absolute atomic E-state index is 12.4. The predicted molar refractivity (Wildman–Crippen MR) is 74.9 cm³/mol. The average Bonchev–Trinajstić information content (AvgIpc) is 2.65. The number of carbonyl (C=O) groups excluding carboxylic acids is 2. The number of nitrogens with two attached hydrogens (primary N) is 1. The number of Topliss-reactive ketones (excluding diaryl/α,β-unsaturated/α-hetero) is 1. The van der Waals surface area contributed by atoms with Crippen LogP contribution >= 0.6 is 0 Å². The van der Waals surface area contributed by atoms with Crippen molar-refractivity contribution in [1.82, 2.24) is 4.57 Å². The van der Waals surface area contributed by atoms with Crippen molar-refractivity contribution in [3.8, 4) is 0 Å². The molecule has 1 aromatic carbocycles. The quantitative estimate of drug-likeness (QED) is 0.859. The summed E-state index contributed by atoms with van der Waals surface area (Å²) in [7, 11) is 0. The zero-order chi connectivity index (χ0) is 14.2. The van der Waals surface area contributed by atoms with Gasteiger partial charge in [-0.25, -0.2) is 0 Å². The molecule has 0 atom stereocenters. The third-order valence-corrected chi connectivity index (χ3v) is 3.04. The van der Waals surface area contributed by atoms with Crippen LogP contribution in [0.25, 0.3) is 10.9 Å². The number of carbonyl (C=O) groups is 2. The molecule has 0 aliphatic carbocycles. The summed E-state index contributed by atoms with van der Waals surface area (Å²) in [6, 6.07) is 7.55. The Bertz CT molecular complexity index is 648. The molecule has 2 N–H and O–H groups in total. The topological polar surface area (TPSA) is 65.1 Å². The van der Waals surface area contributed by atoms with Crippen molar-refractivity contribution in [2.45, 2.75) is 27.3 Å². The highest BCUT2D eigenvalue weighted by Gasteiger charge is 2.26. The highest BCUT2D eigenvalue weighted by molar-refractivity contribution is 6.10. The van der Waals surface area contributed by atoms with E-state index in [2.05, 4.69) is 0 Å². The highest BCUT2D eigenvalue weighted by Crippen LogP contribution is 2.28. The monoisotopic (exact) mass is 258 g/mol. The number of aromatic nitrogens is 1. The fourth-order valence-corrected chi connectivity index (χ4v) is 2.13. The first-order valence-electron chi connectivity index (χ1n) is 6.21. The molecular weight excluding hydrogens is 240 g/mol. The molecular formula is C15H18N2O2. The van der Waals surface area contributed by atoms with Gasteiger partial charge in [0.05, 0.1) is 0 Å². The smallest absolute Gasteiger partial charge is 0.237 e. The molecule has 100 valence electrons. The van der Waals surface area contributed by atoms with E-state index in [9.17, 15) is 9.59 Å². The van der Waals surface area contributed by atoms with Gasteiger partial charge in [0.15, 0.2) is 5.78 Å². The second-order valence-electron chi connectivity index (χ2n) is 5.73. The summed E-state index contributed by atoms with van der Waals surface area (Å²) in [5.41, 5.74) is 6.28. The van der Waals surface area contributed by atoms with Gasteiger partial charge in [-0.15, -0.1) is 0 Å². The summed E-state index contributed by atoms with van der Waals surface area (Å²) in [5, 5.41) is 0.865. The average molecular weight is 258 g/mol. The second kappa shape index (κ2) is 4.53. The molecule has 0 aliphatic heterocycles. The van der Waals surface area contributed by atoms with E-state index in [1.54, 1.807) is 10.8 Å². The van der Waals surface area contributed by atoms with Gasteiger partial charge in [-0.2, -0.15) is 0 Å². The Balaban J connectivity index is 2.63. The first-order valence-corrected chi connectivity index (χ1v) is 6.21. The van der Waals surface area contributed by atoms with Gasteiger partial charge in [-0.1, -0.05) is 39.0 Å². The van der Waals surface area contributed by atoms with Crippen LogP contribution in [0.1, 0.15) is 31.1 Å². The summed E-state index contributed by atoms with van der Waals surface area (Å²) in [4.78, 5) is 23.6. The van der Waals surface area contributed by atoms with Gasteiger partial charge in [-0.3, -0.25) is 9.59 Å². The van der Waals surface area contributed by atoms with Crippen LogP contribution in [0, 0.1) is 5.41 Å². The molecule has 2 rings (SSSR count). The van der Waals surface area contributed by atoms with E-state index in [0.717, 1.165) is 10.9 Å². The Kier molecular flexibility index (Phi) is 3.18. The van der Waals surface area contributed by atoms with Gasteiger partial charge in [0.1, 0.15) is 6.54 Å². The first-order chi connectivity index (χ1) is 8.80. The minimum Gasteiger partial charge on any atom is -0.368 e. The third-order valence-electron chi connectivity index (χ3n) is 3.04. The van der Waals surface area contributed by atoms with Crippen molar-refractivity contribution in [1.29, 1.82) is 0 Å². The number of amides is 1. The zero-order valence-corrected chi connectivity index (χ0v) is 11.4. The Morgan fingerprint density at radius 2 is 1.84 bits per heavy atom. The van der Waals surface area contributed by atoms with Crippen molar-refractivity contribution < 1.29 is 9.59 Å². The number of fused-ring (bicyclic) bond motifs is 1. The first kappa shape index (κ1) is 13.3. The van der Waals surface area contributed by atoms with E-state index >= 15 is 0 Å². The van der Waals surface area contributed by atoms with Gasteiger partial charge in [-0.05, 0) is 6.07 Å². The Morgan fingerprint density at radius 3 is 2.42 bits per heavy atom. The van der Waals surface area contributed by atoms with Crippen molar-refractivity contribution in [2.24, 2.45) is 11.1 Å². The number of nitrogens with zero attached hydrogens (tertiary/aromatic N) is 1. The molecule has 0 radical (unpaired) electrons. The highest BCUT2D eigenvalue weighted by atomic mass is 16.1. The molecule has 0 aliphatic rings. The van der Waals surface area contributed by atoms with Gasteiger partial charge in [0, 0.05) is 28.1 Å². The normalized spacial score (nSPS) is 11.7. The lowest BCUT2D eigenvalue weighted by molar-refractivity contribution is -0.118. The number of benzene rings is 1. The van der Waals surface area contributed by atoms with Gasteiger partial charge in [0.2, 0.25) is 5.91 Å². The van der Waals surface area contributed by atoms with E-state index in [0.29, 0.717) is 5.56 Å². The number of primary amides is 1.